The topological polar surface area (TPSA) is 84.5 Å². The molecule has 0 atom stereocenters. The summed E-state index contributed by atoms with van der Waals surface area (Å²) in [6, 6.07) is 0. The van der Waals surface area contributed by atoms with E-state index in [1.165, 1.54) is 0 Å². The second-order valence-electron chi connectivity index (χ2n) is 1.56. The van der Waals surface area contributed by atoms with E-state index < -0.39 is 10.2 Å². The van der Waals surface area contributed by atoms with Crippen molar-refractivity contribution in [2.24, 2.45) is 10.1 Å². The van der Waals surface area contributed by atoms with Crippen LogP contribution in [0.5, 0.6) is 0 Å². The Bertz CT molecular complexity index is 304. The van der Waals surface area contributed by atoms with Gasteiger partial charge < -0.3 is 5.73 Å². The molecule has 7 heteroatoms. The highest BCUT2D eigenvalue weighted by Crippen LogP contribution is 2.06. The minimum atomic E-state index is -3.61. The quantitative estimate of drug-likeness (QED) is 0.517. The molecule has 0 aromatic heterocycles. The summed E-state index contributed by atoms with van der Waals surface area (Å²) in [5.74, 6) is -0.194. The van der Waals surface area contributed by atoms with Gasteiger partial charge >= 0.3 is 10.2 Å². The molecule has 0 unspecified atom stereocenters. The normalized spacial score (nSPS) is 22.5. The summed E-state index contributed by atoms with van der Waals surface area (Å²) >= 11 is 5.37. The average molecular weight is 182 g/mol. The zero-order valence-corrected chi connectivity index (χ0v) is 6.28. The summed E-state index contributed by atoms with van der Waals surface area (Å²) < 4.78 is 26.0. The van der Waals surface area contributed by atoms with Gasteiger partial charge in [-0.1, -0.05) is 11.6 Å². The first kappa shape index (κ1) is 7.36. The van der Waals surface area contributed by atoms with Crippen molar-refractivity contribution in [3.63, 3.8) is 0 Å². The zero-order chi connectivity index (χ0) is 7.78. The lowest BCUT2D eigenvalue weighted by atomic mass is 10.6. The van der Waals surface area contributed by atoms with E-state index in [0.717, 1.165) is 6.20 Å². The van der Waals surface area contributed by atoms with Crippen molar-refractivity contribution in [1.29, 1.82) is 0 Å². The van der Waals surface area contributed by atoms with Crippen molar-refractivity contribution in [2.75, 3.05) is 0 Å². The number of hydrogen-bond acceptors (Lipinski definition) is 3. The van der Waals surface area contributed by atoms with E-state index in [2.05, 4.69) is 4.40 Å². The second-order valence-corrected chi connectivity index (χ2v) is 3.34. The highest BCUT2D eigenvalue weighted by Gasteiger charge is 2.13. The van der Waals surface area contributed by atoms with E-state index >= 15 is 0 Å². The predicted molar refractivity (Wildman–Crippen MR) is 37.6 cm³/mol. The van der Waals surface area contributed by atoms with Gasteiger partial charge in [-0.3, -0.25) is 4.72 Å². The molecule has 0 aromatic rings. The standard InChI is InChI=1S/C3H4ClN3O2S/c4-2-1-6-10(8,9)7-3(2)5/h1,6H,(H2,5,7). The lowest BCUT2D eigenvalue weighted by Gasteiger charge is -2.05. The van der Waals surface area contributed by atoms with E-state index in [4.69, 9.17) is 17.3 Å². The second kappa shape index (κ2) is 2.14. The lowest BCUT2D eigenvalue weighted by Crippen LogP contribution is -2.27. The number of halogens is 1. The molecular formula is C3H4ClN3O2S. The molecule has 10 heavy (non-hydrogen) atoms. The highest BCUT2D eigenvalue weighted by atomic mass is 35.5. The molecule has 0 saturated heterocycles. The predicted octanol–water partition coefficient (Wildman–Crippen LogP) is -0.728. The van der Waals surface area contributed by atoms with E-state index in [9.17, 15) is 8.42 Å². The van der Waals surface area contributed by atoms with E-state index in [1.807, 2.05) is 4.72 Å². The fourth-order valence-electron chi connectivity index (χ4n) is 0.400. The molecule has 1 aliphatic heterocycles. The summed E-state index contributed by atoms with van der Waals surface area (Å²) in [6.07, 6.45) is 1.07. The highest BCUT2D eigenvalue weighted by molar-refractivity contribution is 7.88. The van der Waals surface area contributed by atoms with E-state index in [1.54, 1.807) is 0 Å². The Hall–Kier alpha value is -0.750. The fourth-order valence-corrected chi connectivity index (χ4v) is 1.29. The Morgan fingerprint density at radius 2 is 2.30 bits per heavy atom. The fraction of sp³-hybridized carbons (Fsp3) is 0. The van der Waals surface area contributed by atoms with Crippen LogP contribution in [0.4, 0.5) is 0 Å². The maximum absolute atomic E-state index is 10.5. The Labute approximate surface area is 62.8 Å². The molecule has 0 amide bonds. The molecule has 0 aliphatic carbocycles. The Balaban J connectivity index is 3.10. The summed E-state index contributed by atoms with van der Waals surface area (Å²) in [4.78, 5) is 0. The minimum Gasteiger partial charge on any atom is -0.382 e. The van der Waals surface area contributed by atoms with Crippen LogP contribution in [0.25, 0.3) is 0 Å². The first-order chi connectivity index (χ1) is 4.51. The van der Waals surface area contributed by atoms with Crippen LogP contribution >= 0.6 is 11.6 Å². The molecule has 0 bridgehead atoms. The number of rotatable bonds is 0. The molecule has 56 valence electrons. The van der Waals surface area contributed by atoms with Gasteiger partial charge in [-0.05, 0) is 0 Å². The SMILES string of the molecule is NC1=NS(=O)(=O)NC=C1Cl. The van der Waals surface area contributed by atoms with Gasteiger partial charge in [-0.15, -0.1) is 4.40 Å². The molecule has 3 N–H and O–H groups in total. The molecule has 0 fully saturated rings. The summed E-state index contributed by atoms with van der Waals surface area (Å²) in [5.41, 5.74) is 5.08. The van der Waals surface area contributed by atoms with Crippen LogP contribution in [0.15, 0.2) is 15.6 Å². The molecule has 5 nitrogen and oxygen atoms in total. The molecule has 0 aromatic carbocycles. The zero-order valence-electron chi connectivity index (χ0n) is 4.70. The number of nitrogens with two attached hydrogens (primary N) is 1. The third kappa shape index (κ3) is 1.39. The lowest BCUT2D eigenvalue weighted by molar-refractivity contribution is 0.592. The van der Waals surface area contributed by atoms with Gasteiger partial charge in [0.1, 0.15) is 5.03 Å². The maximum atomic E-state index is 10.5. The molecular weight excluding hydrogens is 178 g/mol. The molecule has 1 rings (SSSR count). The van der Waals surface area contributed by atoms with Crippen LogP contribution in [0.1, 0.15) is 0 Å². The van der Waals surface area contributed by atoms with Gasteiger partial charge in [-0.25, -0.2) is 0 Å². The van der Waals surface area contributed by atoms with Crippen molar-refractivity contribution in [1.82, 2.24) is 4.72 Å². The van der Waals surface area contributed by atoms with Crippen LogP contribution in [0.3, 0.4) is 0 Å². The van der Waals surface area contributed by atoms with Crippen LogP contribution in [0.2, 0.25) is 0 Å². The van der Waals surface area contributed by atoms with Crippen molar-refractivity contribution in [3.05, 3.63) is 11.2 Å². The van der Waals surface area contributed by atoms with Gasteiger partial charge in [0.05, 0.1) is 0 Å². The third-order valence-electron chi connectivity index (χ3n) is 0.798. The third-order valence-corrected chi connectivity index (χ3v) is 1.95. The largest absolute Gasteiger partial charge is 0.382 e. The van der Waals surface area contributed by atoms with Crippen LogP contribution < -0.4 is 10.5 Å². The number of amidine groups is 1. The first-order valence-corrected chi connectivity index (χ1v) is 4.07. The molecule has 1 aliphatic rings. The van der Waals surface area contributed by atoms with Gasteiger partial charge in [0.2, 0.25) is 0 Å². The van der Waals surface area contributed by atoms with Gasteiger partial charge in [0.25, 0.3) is 0 Å². The number of nitrogens with one attached hydrogen (secondary N) is 1. The monoisotopic (exact) mass is 181 g/mol. The first-order valence-electron chi connectivity index (χ1n) is 2.25. The van der Waals surface area contributed by atoms with Crippen LogP contribution in [-0.4, -0.2) is 14.3 Å². The van der Waals surface area contributed by atoms with Crippen molar-refractivity contribution in [2.45, 2.75) is 0 Å². The van der Waals surface area contributed by atoms with Crippen molar-refractivity contribution >= 4 is 27.6 Å². The Morgan fingerprint density at radius 1 is 1.70 bits per heavy atom. The van der Waals surface area contributed by atoms with Gasteiger partial charge in [-0.2, -0.15) is 8.42 Å². The van der Waals surface area contributed by atoms with Gasteiger partial charge in [0, 0.05) is 6.20 Å². The smallest absolute Gasteiger partial charge is 0.343 e. The van der Waals surface area contributed by atoms with Crippen molar-refractivity contribution < 1.29 is 8.42 Å². The molecule has 0 saturated carbocycles. The Kier molecular flexibility index (Phi) is 1.57. The number of hydrogen-bond donors (Lipinski definition) is 2. The minimum absolute atomic E-state index is 0.0924. The summed E-state index contributed by atoms with van der Waals surface area (Å²) in [7, 11) is -3.61. The van der Waals surface area contributed by atoms with E-state index in [-0.39, 0.29) is 10.9 Å². The number of nitrogens with zero attached hydrogens (tertiary/aromatic N) is 1. The van der Waals surface area contributed by atoms with E-state index in [0.29, 0.717) is 0 Å². The van der Waals surface area contributed by atoms with Crippen LogP contribution in [-0.2, 0) is 10.2 Å². The van der Waals surface area contributed by atoms with Crippen LogP contribution in [0, 0.1) is 0 Å². The summed E-state index contributed by atoms with van der Waals surface area (Å²) in [6.45, 7) is 0. The van der Waals surface area contributed by atoms with Gasteiger partial charge in [0.15, 0.2) is 5.84 Å². The maximum Gasteiger partial charge on any atom is 0.343 e. The van der Waals surface area contributed by atoms with Crippen molar-refractivity contribution in [3.8, 4) is 0 Å². The average Bonchev–Trinajstić information content (AvgIpc) is 1.79. The molecule has 1 heterocycles. The Morgan fingerprint density at radius 3 is 2.70 bits per heavy atom. The molecule has 0 spiro atoms. The molecule has 0 radical (unpaired) electrons. The summed E-state index contributed by atoms with van der Waals surface area (Å²) in [5, 5.41) is 0.0924.